The number of rotatable bonds is 6. The van der Waals surface area contributed by atoms with Gasteiger partial charge in [0.15, 0.2) is 0 Å². The molecule has 1 aliphatic carbocycles. The van der Waals surface area contributed by atoms with E-state index in [1.54, 1.807) is 7.11 Å². The summed E-state index contributed by atoms with van der Waals surface area (Å²) in [6.45, 7) is 5.71. The number of nitrogens with zero attached hydrogens (tertiary/aromatic N) is 4. The Labute approximate surface area is 167 Å². The number of hydrogen-bond donors (Lipinski definition) is 0. The van der Waals surface area contributed by atoms with Crippen LogP contribution in [-0.2, 0) is 24.3 Å². The molecule has 6 heteroatoms. The van der Waals surface area contributed by atoms with Crippen LogP contribution in [0, 0.1) is 5.92 Å². The summed E-state index contributed by atoms with van der Waals surface area (Å²) in [7, 11) is 3.61. The van der Waals surface area contributed by atoms with Crippen LogP contribution in [-0.4, -0.2) is 52.7 Å². The summed E-state index contributed by atoms with van der Waals surface area (Å²) in [6, 6.07) is 8.00. The molecule has 0 spiro atoms. The minimum Gasteiger partial charge on any atom is -0.494 e. The summed E-state index contributed by atoms with van der Waals surface area (Å²) < 4.78 is 7.62. The van der Waals surface area contributed by atoms with Crippen LogP contribution in [0.15, 0.2) is 24.3 Å². The molecule has 1 aromatic heterocycles. The van der Waals surface area contributed by atoms with E-state index in [0.29, 0.717) is 6.54 Å². The number of hydrogen-bond acceptors (Lipinski definition) is 4. The number of carbonyl (C=O) groups is 1. The Kier molecular flexibility index (Phi) is 5.40. The molecule has 2 heterocycles. The SMILES string of the molecule is CCN1CCc2c(c(CN(C)C(=O)C3CCC3)nn2-c2ccccc2OC)C1. The zero-order valence-electron chi connectivity index (χ0n) is 17.1. The van der Waals surface area contributed by atoms with E-state index >= 15 is 0 Å². The van der Waals surface area contributed by atoms with E-state index in [2.05, 4.69) is 11.8 Å². The summed E-state index contributed by atoms with van der Waals surface area (Å²) in [4.78, 5) is 17.0. The fraction of sp³-hybridized carbons (Fsp3) is 0.545. The number of methoxy groups -OCH3 is 1. The van der Waals surface area contributed by atoms with Crippen LogP contribution < -0.4 is 4.74 Å². The van der Waals surface area contributed by atoms with Crippen molar-refractivity contribution in [2.45, 2.75) is 45.7 Å². The van der Waals surface area contributed by atoms with Crippen LogP contribution >= 0.6 is 0 Å². The van der Waals surface area contributed by atoms with Crippen molar-refractivity contribution in [3.8, 4) is 11.4 Å². The quantitative estimate of drug-likeness (QED) is 0.771. The van der Waals surface area contributed by atoms with Crippen molar-refractivity contribution in [1.29, 1.82) is 0 Å². The highest BCUT2D eigenvalue weighted by molar-refractivity contribution is 5.79. The van der Waals surface area contributed by atoms with Gasteiger partial charge in [0.05, 0.1) is 25.0 Å². The van der Waals surface area contributed by atoms with E-state index < -0.39 is 0 Å². The fourth-order valence-electron chi connectivity index (χ4n) is 4.21. The zero-order valence-corrected chi connectivity index (χ0v) is 17.1. The molecule has 0 unspecified atom stereocenters. The Hall–Kier alpha value is -2.34. The van der Waals surface area contributed by atoms with Crippen molar-refractivity contribution in [1.82, 2.24) is 19.6 Å². The van der Waals surface area contributed by atoms with Gasteiger partial charge in [0.2, 0.25) is 5.91 Å². The molecule has 28 heavy (non-hydrogen) atoms. The Bertz CT molecular complexity index is 856. The number of benzene rings is 1. The molecule has 6 nitrogen and oxygen atoms in total. The number of carbonyl (C=O) groups excluding carboxylic acids is 1. The van der Waals surface area contributed by atoms with Gasteiger partial charge >= 0.3 is 0 Å². The molecular formula is C22H30N4O2. The summed E-state index contributed by atoms with van der Waals surface area (Å²) in [5.41, 5.74) is 4.49. The van der Waals surface area contributed by atoms with Gasteiger partial charge in [0.25, 0.3) is 0 Å². The second-order valence-electron chi connectivity index (χ2n) is 7.90. The molecule has 2 aliphatic rings. The Balaban J connectivity index is 1.69. The standard InChI is InChI=1S/C22H30N4O2/c1-4-25-13-12-19-17(14-25)18(15-24(2)22(27)16-8-7-9-16)23-26(19)20-10-5-6-11-21(20)28-3/h5-6,10-11,16H,4,7-9,12-15H2,1-3H3. The van der Waals surface area contributed by atoms with Gasteiger partial charge in [-0.1, -0.05) is 25.5 Å². The van der Waals surface area contributed by atoms with Crippen molar-refractivity contribution >= 4 is 5.91 Å². The normalized spacial score (nSPS) is 17.1. The molecule has 0 saturated heterocycles. The molecule has 0 radical (unpaired) electrons. The summed E-state index contributed by atoms with van der Waals surface area (Å²) in [5.74, 6) is 1.29. The summed E-state index contributed by atoms with van der Waals surface area (Å²) in [5, 5.41) is 4.98. The van der Waals surface area contributed by atoms with Crippen LogP contribution in [0.3, 0.4) is 0 Å². The second-order valence-corrected chi connectivity index (χ2v) is 7.90. The minimum atomic E-state index is 0.212. The fourth-order valence-corrected chi connectivity index (χ4v) is 4.21. The third kappa shape index (κ3) is 3.41. The Morgan fingerprint density at radius 3 is 2.79 bits per heavy atom. The van der Waals surface area contributed by atoms with Gasteiger partial charge < -0.3 is 9.64 Å². The second kappa shape index (κ2) is 7.95. The largest absolute Gasteiger partial charge is 0.494 e. The average molecular weight is 383 g/mol. The maximum Gasteiger partial charge on any atom is 0.225 e. The third-order valence-corrected chi connectivity index (χ3v) is 6.20. The highest BCUT2D eigenvalue weighted by Gasteiger charge is 2.30. The van der Waals surface area contributed by atoms with Crippen LogP contribution in [0.5, 0.6) is 5.75 Å². The number of fused-ring (bicyclic) bond motifs is 1. The van der Waals surface area contributed by atoms with Gasteiger partial charge in [-0.3, -0.25) is 9.69 Å². The summed E-state index contributed by atoms with van der Waals surface area (Å²) in [6.07, 6.45) is 4.18. The molecule has 0 N–H and O–H groups in total. The van der Waals surface area contributed by atoms with Crippen molar-refractivity contribution in [3.05, 3.63) is 41.2 Å². The lowest BCUT2D eigenvalue weighted by molar-refractivity contribution is -0.137. The van der Waals surface area contributed by atoms with Crippen LogP contribution in [0.4, 0.5) is 0 Å². The lowest BCUT2D eigenvalue weighted by Crippen LogP contribution is -2.36. The lowest BCUT2D eigenvalue weighted by atomic mass is 9.84. The third-order valence-electron chi connectivity index (χ3n) is 6.20. The first-order chi connectivity index (χ1) is 13.6. The number of aromatic nitrogens is 2. The van der Waals surface area contributed by atoms with Gasteiger partial charge in [-0.2, -0.15) is 5.10 Å². The molecular weight excluding hydrogens is 352 g/mol. The monoisotopic (exact) mass is 382 g/mol. The van der Waals surface area contributed by atoms with Gasteiger partial charge in [0, 0.05) is 38.0 Å². The van der Waals surface area contributed by atoms with Crippen molar-refractivity contribution < 1.29 is 9.53 Å². The van der Waals surface area contributed by atoms with Crippen molar-refractivity contribution in [2.24, 2.45) is 5.92 Å². The van der Waals surface area contributed by atoms with Gasteiger partial charge in [-0.05, 0) is 31.5 Å². The molecule has 0 atom stereocenters. The zero-order chi connectivity index (χ0) is 19.7. The minimum absolute atomic E-state index is 0.212. The highest BCUT2D eigenvalue weighted by atomic mass is 16.5. The first-order valence-electron chi connectivity index (χ1n) is 10.3. The molecule has 4 rings (SSSR count). The molecule has 0 bridgehead atoms. The first-order valence-corrected chi connectivity index (χ1v) is 10.3. The summed E-state index contributed by atoms with van der Waals surface area (Å²) >= 11 is 0. The lowest BCUT2D eigenvalue weighted by Gasteiger charge is -2.30. The molecule has 1 aromatic carbocycles. The molecule has 1 amide bonds. The van der Waals surface area contributed by atoms with Crippen molar-refractivity contribution in [2.75, 3.05) is 27.2 Å². The predicted molar refractivity (Wildman–Crippen MR) is 109 cm³/mol. The smallest absolute Gasteiger partial charge is 0.225 e. The number of likely N-dealkylation sites (N-methyl/N-ethyl adjacent to an activating group) is 1. The van der Waals surface area contributed by atoms with Crippen LogP contribution in [0.1, 0.15) is 43.1 Å². The highest BCUT2D eigenvalue weighted by Crippen LogP contribution is 2.31. The van der Waals surface area contributed by atoms with Crippen molar-refractivity contribution in [3.63, 3.8) is 0 Å². The van der Waals surface area contributed by atoms with Crippen LogP contribution in [0.25, 0.3) is 5.69 Å². The van der Waals surface area contributed by atoms with E-state index in [4.69, 9.17) is 9.84 Å². The molecule has 150 valence electrons. The number of amides is 1. The van der Waals surface area contributed by atoms with E-state index in [0.717, 1.165) is 56.0 Å². The van der Waals surface area contributed by atoms with E-state index in [1.807, 2.05) is 40.9 Å². The first kappa shape index (κ1) is 19.0. The average Bonchev–Trinajstić information content (AvgIpc) is 3.03. The Morgan fingerprint density at radius 2 is 2.11 bits per heavy atom. The maximum absolute atomic E-state index is 12.7. The van der Waals surface area contributed by atoms with Gasteiger partial charge in [-0.25, -0.2) is 4.68 Å². The molecule has 2 aromatic rings. The van der Waals surface area contributed by atoms with Gasteiger partial charge in [-0.15, -0.1) is 0 Å². The van der Waals surface area contributed by atoms with E-state index in [1.165, 1.54) is 17.7 Å². The molecule has 1 saturated carbocycles. The molecule has 1 fully saturated rings. The number of para-hydroxylation sites is 2. The van der Waals surface area contributed by atoms with Gasteiger partial charge in [0.1, 0.15) is 11.4 Å². The predicted octanol–water partition coefficient (Wildman–Crippen LogP) is 3.02. The number of ether oxygens (including phenoxy) is 1. The van der Waals surface area contributed by atoms with E-state index in [9.17, 15) is 4.79 Å². The Morgan fingerprint density at radius 1 is 1.32 bits per heavy atom. The maximum atomic E-state index is 12.7. The van der Waals surface area contributed by atoms with Crippen LogP contribution in [0.2, 0.25) is 0 Å². The topological polar surface area (TPSA) is 50.6 Å². The molecule has 1 aliphatic heterocycles. The van der Waals surface area contributed by atoms with E-state index in [-0.39, 0.29) is 11.8 Å².